The number of rotatable bonds is 3. The first-order valence-corrected chi connectivity index (χ1v) is 6.24. The predicted octanol–water partition coefficient (Wildman–Crippen LogP) is 4.05. The standard InChI is InChI=1S/C14H16ClNO/c1-9-6-10(2)14(11(3)7-9)12-8-16-13(17-12)4-5-15/h6-8H,4-5H2,1-3H3. The first-order chi connectivity index (χ1) is 8.11. The molecule has 2 rings (SSSR count). The minimum absolute atomic E-state index is 0.534. The van der Waals surface area contributed by atoms with Crippen molar-refractivity contribution >= 4 is 11.6 Å². The fraction of sp³-hybridized carbons (Fsp3) is 0.357. The van der Waals surface area contributed by atoms with E-state index < -0.39 is 0 Å². The third-order valence-corrected chi connectivity index (χ3v) is 2.97. The summed E-state index contributed by atoms with van der Waals surface area (Å²) in [4.78, 5) is 4.24. The van der Waals surface area contributed by atoms with E-state index >= 15 is 0 Å². The zero-order valence-corrected chi connectivity index (χ0v) is 11.1. The van der Waals surface area contributed by atoms with E-state index in [1.54, 1.807) is 6.20 Å². The highest BCUT2D eigenvalue weighted by atomic mass is 35.5. The first kappa shape index (κ1) is 12.2. The topological polar surface area (TPSA) is 26.0 Å². The van der Waals surface area contributed by atoms with Gasteiger partial charge in [-0.2, -0.15) is 0 Å². The number of nitrogens with zero attached hydrogens (tertiary/aromatic N) is 1. The Labute approximate surface area is 107 Å². The minimum atomic E-state index is 0.534. The lowest BCUT2D eigenvalue weighted by molar-refractivity contribution is 0.514. The molecule has 1 heterocycles. The summed E-state index contributed by atoms with van der Waals surface area (Å²) < 4.78 is 5.72. The summed E-state index contributed by atoms with van der Waals surface area (Å²) in [6.07, 6.45) is 2.46. The molecular formula is C14H16ClNO. The molecule has 0 aliphatic carbocycles. The summed E-state index contributed by atoms with van der Waals surface area (Å²) in [5, 5.41) is 0. The van der Waals surface area contributed by atoms with Crippen LogP contribution in [-0.2, 0) is 6.42 Å². The Morgan fingerprint density at radius 1 is 1.18 bits per heavy atom. The van der Waals surface area contributed by atoms with Crippen LogP contribution >= 0.6 is 11.6 Å². The maximum atomic E-state index is 5.72. The lowest BCUT2D eigenvalue weighted by Gasteiger charge is -2.08. The lowest BCUT2D eigenvalue weighted by Crippen LogP contribution is -1.88. The average molecular weight is 250 g/mol. The van der Waals surface area contributed by atoms with E-state index in [-0.39, 0.29) is 0 Å². The van der Waals surface area contributed by atoms with Crippen molar-refractivity contribution < 1.29 is 4.42 Å². The Hall–Kier alpha value is -1.28. The third-order valence-electron chi connectivity index (χ3n) is 2.79. The van der Waals surface area contributed by atoms with Gasteiger partial charge in [-0.3, -0.25) is 0 Å². The highest BCUT2D eigenvalue weighted by Crippen LogP contribution is 2.28. The molecule has 0 bridgehead atoms. The molecule has 0 fully saturated rings. The summed E-state index contributed by atoms with van der Waals surface area (Å²) in [5.41, 5.74) is 4.85. The van der Waals surface area contributed by atoms with E-state index in [2.05, 4.69) is 37.9 Å². The third kappa shape index (κ3) is 2.52. The average Bonchev–Trinajstić information content (AvgIpc) is 2.65. The normalized spacial score (nSPS) is 10.8. The molecule has 2 nitrogen and oxygen atoms in total. The van der Waals surface area contributed by atoms with Gasteiger partial charge in [0.25, 0.3) is 0 Å². The number of alkyl halides is 1. The molecule has 0 atom stereocenters. The molecule has 0 amide bonds. The summed E-state index contributed by atoms with van der Waals surface area (Å²) in [5.74, 6) is 2.07. The first-order valence-electron chi connectivity index (χ1n) is 5.70. The molecule has 90 valence electrons. The van der Waals surface area contributed by atoms with E-state index in [0.29, 0.717) is 18.2 Å². The van der Waals surface area contributed by atoms with Crippen molar-refractivity contribution in [3.05, 3.63) is 40.9 Å². The smallest absolute Gasteiger partial charge is 0.196 e. The van der Waals surface area contributed by atoms with Gasteiger partial charge in [-0.15, -0.1) is 11.6 Å². The maximum Gasteiger partial charge on any atom is 0.196 e. The van der Waals surface area contributed by atoms with Crippen LogP contribution in [0.15, 0.2) is 22.7 Å². The fourth-order valence-corrected chi connectivity index (χ4v) is 2.35. The molecule has 3 heteroatoms. The van der Waals surface area contributed by atoms with Crippen molar-refractivity contribution in [1.82, 2.24) is 4.98 Å². The molecule has 1 aromatic carbocycles. The van der Waals surface area contributed by atoms with Gasteiger partial charge in [0.2, 0.25) is 0 Å². The van der Waals surface area contributed by atoms with Gasteiger partial charge in [-0.05, 0) is 31.9 Å². The minimum Gasteiger partial charge on any atom is -0.441 e. The summed E-state index contributed by atoms with van der Waals surface area (Å²) >= 11 is 5.67. The summed E-state index contributed by atoms with van der Waals surface area (Å²) in [6, 6.07) is 4.32. The van der Waals surface area contributed by atoms with Gasteiger partial charge >= 0.3 is 0 Å². The second kappa shape index (κ2) is 4.92. The van der Waals surface area contributed by atoms with Crippen LogP contribution in [0.1, 0.15) is 22.6 Å². The molecule has 0 saturated carbocycles. The van der Waals surface area contributed by atoms with Crippen molar-refractivity contribution in [2.24, 2.45) is 0 Å². The maximum absolute atomic E-state index is 5.72. The number of benzene rings is 1. The zero-order chi connectivity index (χ0) is 12.4. The van der Waals surface area contributed by atoms with Gasteiger partial charge in [0, 0.05) is 17.9 Å². The van der Waals surface area contributed by atoms with E-state index in [9.17, 15) is 0 Å². The second-order valence-electron chi connectivity index (χ2n) is 4.33. The molecule has 0 radical (unpaired) electrons. The van der Waals surface area contributed by atoms with Crippen molar-refractivity contribution in [3.63, 3.8) is 0 Å². The van der Waals surface area contributed by atoms with Crippen LogP contribution in [0.2, 0.25) is 0 Å². The van der Waals surface area contributed by atoms with Crippen LogP contribution in [0.3, 0.4) is 0 Å². The fourth-order valence-electron chi connectivity index (χ4n) is 2.19. The van der Waals surface area contributed by atoms with Crippen molar-refractivity contribution in [3.8, 4) is 11.3 Å². The van der Waals surface area contributed by atoms with Gasteiger partial charge < -0.3 is 4.42 Å². The molecule has 0 N–H and O–H groups in total. The number of aromatic nitrogens is 1. The van der Waals surface area contributed by atoms with Crippen molar-refractivity contribution in [2.45, 2.75) is 27.2 Å². The highest BCUT2D eigenvalue weighted by Gasteiger charge is 2.11. The van der Waals surface area contributed by atoms with Gasteiger partial charge in [-0.25, -0.2) is 4.98 Å². The van der Waals surface area contributed by atoms with E-state index in [1.807, 2.05) is 0 Å². The highest BCUT2D eigenvalue weighted by molar-refractivity contribution is 6.17. The molecular weight excluding hydrogens is 234 g/mol. The van der Waals surface area contributed by atoms with Crippen LogP contribution < -0.4 is 0 Å². The number of hydrogen-bond acceptors (Lipinski definition) is 2. The Kier molecular flexibility index (Phi) is 3.53. The predicted molar refractivity (Wildman–Crippen MR) is 70.6 cm³/mol. The monoisotopic (exact) mass is 249 g/mol. The molecule has 0 aliphatic heterocycles. The van der Waals surface area contributed by atoms with Gasteiger partial charge in [0.1, 0.15) is 0 Å². The Bertz CT molecular complexity index is 508. The Morgan fingerprint density at radius 2 is 1.82 bits per heavy atom. The summed E-state index contributed by atoms with van der Waals surface area (Å²) in [7, 11) is 0. The van der Waals surface area contributed by atoms with Crippen LogP contribution in [0.25, 0.3) is 11.3 Å². The number of halogens is 1. The zero-order valence-electron chi connectivity index (χ0n) is 10.4. The molecule has 17 heavy (non-hydrogen) atoms. The van der Waals surface area contributed by atoms with Crippen molar-refractivity contribution in [2.75, 3.05) is 5.88 Å². The number of hydrogen-bond donors (Lipinski definition) is 0. The van der Waals surface area contributed by atoms with Crippen molar-refractivity contribution in [1.29, 1.82) is 0 Å². The van der Waals surface area contributed by atoms with Crippen LogP contribution in [0, 0.1) is 20.8 Å². The van der Waals surface area contributed by atoms with Gasteiger partial charge in [-0.1, -0.05) is 17.7 Å². The van der Waals surface area contributed by atoms with E-state index in [1.165, 1.54) is 16.7 Å². The second-order valence-corrected chi connectivity index (χ2v) is 4.71. The lowest BCUT2D eigenvalue weighted by atomic mass is 9.98. The molecule has 0 spiro atoms. The largest absolute Gasteiger partial charge is 0.441 e. The van der Waals surface area contributed by atoms with Crippen LogP contribution in [-0.4, -0.2) is 10.9 Å². The quantitative estimate of drug-likeness (QED) is 0.767. The molecule has 0 unspecified atom stereocenters. The summed E-state index contributed by atoms with van der Waals surface area (Å²) in [6.45, 7) is 6.29. The van der Waals surface area contributed by atoms with Gasteiger partial charge in [0.15, 0.2) is 11.7 Å². The number of aryl methyl sites for hydroxylation is 4. The molecule has 2 aromatic rings. The van der Waals surface area contributed by atoms with Crippen LogP contribution in [0.4, 0.5) is 0 Å². The van der Waals surface area contributed by atoms with Gasteiger partial charge in [0.05, 0.1) is 6.20 Å². The molecule has 1 aromatic heterocycles. The van der Waals surface area contributed by atoms with E-state index in [4.69, 9.17) is 16.0 Å². The van der Waals surface area contributed by atoms with Crippen LogP contribution in [0.5, 0.6) is 0 Å². The molecule has 0 saturated heterocycles. The number of oxazole rings is 1. The SMILES string of the molecule is Cc1cc(C)c(-c2cnc(CCCl)o2)c(C)c1. The Balaban J connectivity index is 2.45. The van der Waals surface area contributed by atoms with E-state index in [0.717, 1.165) is 11.3 Å². The Morgan fingerprint density at radius 3 is 2.41 bits per heavy atom. The molecule has 0 aliphatic rings.